The van der Waals surface area contributed by atoms with Crippen molar-refractivity contribution in [3.8, 4) is 11.1 Å². The summed E-state index contributed by atoms with van der Waals surface area (Å²) >= 11 is 9.41. The minimum Gasteiger partial charge on any atom is -0.347 e. The van der Waals surface area contributed by atoms with Crippen LogP contribution in [0.1, 0.15) is 19.8 Å². The predicted molar refractivity (Wildman–Crippen MR) is 138 cm³/mol. The molecule has 1 heterocycles. The minimum absolute atomic E-state index is 0.131. The second kappa shape index (κ2) is 10.9. The molecule has 0 saturated carbocycles. The van der Waals surface area contributed by atoms with Crippen LogP contribution < -0.4 is 5.32 Å². The van der Waals surface area contributed by atoms with Gasteiger partial charge in [-0.15, -0.1) is 0 Å². The van der Waals surface area contributed by atoms with Crippen molar-refractivity contribution >= 4 is 53.3 Å². The molecule has 1 fully saturated rings. The van der Waals surface area contributed by atoms with E-state index in [1.54, 1.807) is 0 Å². The summed E-state index contributed by atoms with van der Waals surface area (Å²) in [6, 6.07) is 7.71. The number of carbonyl (C=O) groups is 1. The number of benzene rings is 2. The van der Waals surface area contributed by atoms with Crippen LogP contribution in [0.15, 0.2) is 57.3 Å². The lowest BCUT2D eigenvalue weighted by atomic mass is 9.93. The summed E-state index contributed by atoms with van der Waals surface area (Å²) in [6.07, 6.45) is 1.42. The van der Waals surface area contributed by atoms with E-state index in [1.165, 1.54) is 43.3 Å². The van der Waals surface area contributed by atoms with Gasteiger partial charge in [-0.05, 0) is 31.2 Å². The van der Waals surface area contributed by atoms with E-state index >= 15 is 4.39 Å². The van der Waals surface area contributed by atoms with Crippen LogP contribution in [0.3, 0.4) is 0 Å². The third kappa shape index (κ3) is 6.52. The lowest BCUT2D eigenvalue weighted by molar-refractivity contribution is -0.135. The number of rotatable bonds is 7. The highest BCUT2D eigenvalue weighted by atomic mass is 79.9. The van der Waals surface area contributed by atoms with Gasteiger partial charge in [-0.3, -0.25) is 4.79 Å². The van der Waals surface area contributed by atoms with Crippen LogP contribution in [-0.4, -0.2) is 58.1 Å². The number of nitrogens with one attached hydrogen (secondary N) is 1. The molecule has 0 aliphatic carbocycles. The first-order valence-corrected chi connectivity index (χ1v) is 15.3. The molecule has 0 aromatic heterocycles. The molecule has 13 heteroatoms. The van der Waals surface area contributed by atoms with Crippen LogP contribution in [0.5, 0.6) is 0 Å². The number of sulfone groups is 1. The summed E-state index contributed by atoms with van der Waals surface area (Å²) in [5, 5.41) is 3.09. The minimum atomic E-state index is -4.16. The van der Waals surface area contributed by atoms with Crippen molar-refractivity contribution < 1.29 is 30.4 Å². The van der Waals surface area contributed by atoms with E-state index in [0.717, 1.165) is 22.0 Å². The molecule has 0 unspecified atom stereocenters. The van der Waals surface area contributed by atoms with E-state index in [-0.39, 0.29) is 34.1 Å². The maximum atomic E-state index is 15.4. The molecule has 1 saturated heterocycles. The van der Waals surface area contributed by atoms with Crippen molar-refractivity contribution in [2.45, 2.75) is 36.4 Å². The Labute approximate surface area is 222 Å². The fourth-order valence-corrected chi connectivity index (χ4v) is 6.48. The fraction of sp³-hybridized carbons (Fsp3) is 0.348. The monoisotopic (exact) mass is 624 g/mol. The van der Waals surface area contributed by atoms with Gasteiger partial charge in [0, 0.05) is 59.2 Å². The number of nitrogens with zero attached hydrogens (tertiary/aromatic N) is 1. The van der Waals surface area contributed by atoms with E-state index in [1.807, 2.05) is 0 Å². The number of halogens is 4. The Kier molecular flexibility index (Phi) is 8.66. The Bertz CT molecular complexity index is 1410. The topological polar surface area (TPSA) is 101 Å². The lowest BCUT2D eigenvalue weighted by Crippen LogP contribution is -2.53. The highest BCUT2D eigenvalue weighted by molar-refractivity contribution is 9.10. The Morgan fingerprint density at radius 2 is 1.81 bits per heavy atom. The van der Waals surface area contributed by atoms with Gasteiger partial charge in [0.15, 0.2) is 15.5 Å². The van der Waals surface area contributed by atoms with E-state index in [4.69, 9.17) is 11.6 Å². The summed E-state index contributed by atoms with van der Waals surface area (Å²) < 4.78 is 80.6. The van der Waals surface area contributed by atoms with E-state index in [9.17, 15) is 26.0 Å². The maximum absolute atomic E-state index is 15.4. The van der Waals surface area contributed by atoms with Crippen LogP contribution in [0.4, 0.5) is 8.78 Å². The first-order chi connectivity index (χ1) is 16.6. The fourth-order valence-electron chi connectivity index (χ4n) is 3.74. The number of sulfonamides is 1. The Hall–Kier alpha value is -1.86. The van der Waals surface area contributed by atoms with Gasteiger partial charge in [0.2, 0.25) is 10.0 Å². The van der Waals surface area contributed by atoms with Crippen molar-refractivity contribution in [1.82, 2.24) is 9.62 Å². The number of alkyl halides is 1. The van der Waals surface area contributed by atoms with Crippen LogP contribution in [0.2, 0.25) is 5.02 Å². The second-order valence-corrected chi connectivity index (χ2v) is 13.7. The van der Waals surface area contributed by atoms with Gasteiger partial charge >= 0.3 is 0 Å². The first-order valence-electron chi connectivity index (χ1n) is 10.8. The molecule has 2 aromatic carbocycles. The SMILES string of the molecule is C[C@H](/C=C\S(C)(=O)=O)NC(=O)C1(F)CCN(S(=O)(=O)c2ccc(Br)cc2-c2cccc(F)c2Cl)CC1. The first kappa shape index (κ1) is 28.7. The molecule has 3 rings (SSSR count). The summed E-state index contributed by atoms with van der Waals surface area (Å²) in [5.74, 6) is -1.65. The highest BCUT2D eigenvalue weighted by Gasteiger charge is 2.45. The predicted octanol–water partition coefficient (Wildman–Crippen LogP) is 4.46. The molecule has 1 amide bonds. The lowest BCUT2D eigenvalue weighted by Gasteiger charge is -2.35. The zero-order valence-corrected chi connectivity index (χ0v) is 23.3. The molecule has 7 nitrogen and oxygen atoms in total. The summed E-state index contributed by atoms with van der Waals surface area (Å²) in [7, 11) is -7.56. The molecule has 1 aliphatic heterocycles. The average Bonchev–Trinajstić information content (AvgIpc) is 2.79. The summed E-state index contributed by atoms with van der Waals surface area (Å²) in [5.41, 5.74) is -1.97. The van der Waals surface area contributed by atoms with Gasteiger partial charge in [-0.25, -0.2) is 25.6 Å². The number of piperidine rings is 1. The zero-order chi connectivity index (χ0) is 26.9. The number of carbonyl (C=O) groups excluding carboxylic acids is 1. The molecule has 1 atom stereocenters. The van der Waals surface area contributed by atoms with Crippen LogP contribution in [-0.2, 0) is 24.7 Å². The maximum Gasteiger partial charge on any atom is 0.258 e. The molecular weight excluding hydrogens is 602 g/mol. The van der Waals surface area contributed by atoms with Gasteiger partial charge in [0.25, 0.3) is 5.91 Å². The number of hydrogen-bond acceptors (Lipinski definition) is 5. The highest BCUT2D eigenvalue weighted by Crippen LogP contribution is 2.38. The van der Waals surface area contributed by atoms with Gasteiger partial charge in [-0.2, -0.15) is 4.31 Å². The van der Waals surface area contributed by atoms with Gasteiger partial charge in [0.1, 0.15) is 5.82 Å². The summed E-state index contributed by atoms with van der Waals surface area (Å²) in [4.78, 5) is 12.4. The van der Waals surface area contributed by atoms with Crippen LogP contribution >= 0.6 is 27.5 Å². The largest absolute Gasteiger partial charge is 0.347 e. The standard InChI is InChI=1S/C23H24BrClF2N2O5S2/c1-15(8-13-35(2,31)32)28-22(30)23(27)9-11-29(12-10-23)36(33,34)20-7-6-16(24)14-18(20)17-4-3-5-19(26)21(17)25/h3-8,13-15H,9-12H2,1-2H3,(H,28,30)/b13-8-/t15-/m1/s1. The normalized spacial score (nSPS) is 17.7. The van der Waals surface area contributed by atoms with Crippen molar-refractivity contribution in [2.75, 3.05) is 19.3 Å². The van der Waals surface area contributed by atoms with E-state index < -0.39 is 56.1 Å². The quantitative estimate of drug-likeness (QED) is 0.490. The third-order valence-corrected chi connectivity index (χ3v) is 9.18. The van der Waals surface area contributed by atoms with Crippen LogP contribution in [0.25, 0.3) is 11.1 Å². The van der Waals surface area contributed by atoms with Gasteiger partial charge in [-0.1, -0.05) is 45.7 Å². The third-order valence-electron chi connectivity index (χ3n) is 5.70. The van der Waals surface area contributed by atoms with Gasteiger partial charge < -0.3 is 5.32 Å². The number of amides is 1. The van der Waals surface area contributed by atoms with Gasteiger partial charge in [0.05, 0.1) is 9.92 Å². The second-order valence-electron chi connectivity index (χ2n) is 8.53. The van der Waals surface area contributed by atoms with E-state index in [0.29, 0.717) is 4.47 Å². The zero-order valence-electron chi connectivity index (χ0n) is 19.3. The molecule has 2 aromatic rings. The van der Waals surface area contributed by atoms with Crippen molar-refractivity contribution in [2.24, 2.45) is 0 Å². The van der Waals surface area contributed by atoms with E-state index in [2.05, 4.69) is 21.2 Å². The molecule has 1 aliphatic rings. The number of hydrogen-bond donors (Lipinski definition) is 1. The Balaban J connectivity index is 1.82. The molecule has 0 radical (unpaired) electrons. The smallest absolute Gasteiger partial charge is 0.258 e. The van der Waals surface area contributed by atoms with Crippen molar-refractivity contribution in [3.05, 3.63) is 63.2 Å². The molecule has 0 bridgehead atoms. The van der Waals surface area contributed by atoms with Crippen molar-refractivity contribution in [1.29, 1.82) is 0 Å². The summed E-state index contributed by atoms with van der Waals surface area (Å²) in [6.45, 7) is 0.952. The molecule has 0 spiro atoms. The Morgan fingerprint density at radius 3 is 2.42 bits per heavy atom. The van der Waals surface area contributed by atoms with Crippen LogP contribution in [0, 0.1) is 5.82 Å². The van der Waals surface area contributed by atoms with Crippen molar-refractivity contribution in [3.63, 3.8) is 0 Å². The average molecular weight is 626 g/mol. The molecule has 1 N–H and O–H groups in total. The Morgan fingerprint density at radius 1 is 1.17 bits per heavy atom. The molecule has 36 heavy (non-hydrogen) atoms. The molecule has 196 valence electrons. The molecular formula is C23H24BrClF2N2O5S2.